The Balaban J connectivity index is 1.47. The molecule has 2 aromatic rings. The number of nitrogens with zero attached hydrogens (tertiary/aromatic N) is 3. The molecule has 1 fully saturated rings. The van der Waals surface area contributed by atoms with Crippen LogP contribution in [0, 0.1) is 0 Å². The lowest BCUT2D eigenvalue weighted by molar-refractivity contribution is 0.0953. The van der Waals surface area contributed by atoms with Gasteiger partial charge in [0.15, 0.2) is 0 Å². The fourth-order valence-corrected chi connectivity index (χ4v) is 3.14. The number of amides is 1. The maximum absolute atomic E-state index is 12.2. The van der Waals surface area contributed by atoms with Gasteiger partial charge in [-0.1, -0.05) is 6.07 Å². The van der Waals surface area contributed by atoms with E-state index in [1.54, 1.807) is 18.5 Å². The van der Waals surface area contributed by atoms with Gasteiger partial charge >= 0.3 is 0 Å². The van der Waals surface area contributed by atoms with Gasteiger partial charge in [-0.15, -0.1) is 0 Å². The summed E-state index contributed by atoms with van der Waals surface area (Å²) in [4.78, 5) is 23.0. The van der Waals surface area contributed by atoms with Crippen LogP contribution in [-0.2, 0) is 6.42 Å². The molecule has 0 radical (unpaired) electrons. The average molecular weight is 340 g/mol. The van der Waals surface area contributed by atoms with Crippen LogP contribution >= 0.6 is 0 Å². The molecule has 6 heteroatoms. The summed E-state index contributed by atoms with van der Waals surface area (Å²) in [6.07, 6.45) is 7.12. The maximum Gasteiger partial charge on any atom is 0.252 e. The number of nitrogens with one attached hydrogen (secondary N) is 1. The molecule has 25 heavy (non-hydrogen) atoms. The minimum atomic E-state index is -0.111. The summed E-state index contributed by atoms with van der Waals surface area (Å²) in [5, 5.41) is 12.3. The van der Waals surface area contributed by atoms with Crippen LogP contribution in [0.15, 0.2) is 42.7 Å². The maximum atomic E-state index is 12.2. The quantitative estimate of drug-likeness (QED) is 0.752. The molecular formula is C19H24N4O2. The number of carbonyl (C=O) groups excluding carboxylic acids is 1. The normalized spacial score (nSPS) is 16.8. The molecule has 2 N–H and O–H groups in total. The van der Waals surface area contributed by atoms with E-state index in [0.29, 0.717) is 12.1 Å². The molecule has 132 valence electrons. The lowest BCUT2D eigenvalue weighted by atomic mass is 10.2. The molecule has 2 aromatic heterocycles. The van der Waals surface area contributed by atoms with E-state index in [0.717, 1.165) is 43.7 Å². The number of carbonyl (C=O) groups is 1. The summed E-state index contributed by atoms with van der Waals surface area (Å²) in [7, 11) is 0. The van der Waals surface area contributed by atoms with Crippen molar-refractivity contribution in [1.82, 2.24) is 15.3 Å². The van der Waals surface area contributed by atoms with Gasteiger partial charge in [-0.3, -0.25) is 9.78 Å². The molecule has 0 spiro atoms. The van der Waals surface area contributed by atoms with Crippen molar-refractivity contribution in [2.24, 2.45) is 0 Å². The molecule has 1 aliphatic heterocycles. The van der Waals surface area contributed by atoms with Gasteiger partial charge in [0.25, 0.3) is 5.91 Å². The van der Waals surface area contributed by atoms with Crippen molar-refractivity contribution in [3.8, 4) is 0 Å². The largest absolute Gasteiger partial charge is 0.394 e. The predicted molar refractivity (Wildman–Crippen MR) is 96.6 cm³/mol. The highest BCUT2D eigenvalue weighted by molar-refractivity contribution is 5.94. The zero-order chi connectivity index (χ0) is 17.5. The Kier molecular flexibility index (Phi) is 5.95. The topological polar surface area (TPSA) is 78.4 Å². The smallest absolute Gasteiger partial charge is 0.252 e. The summed E-state index contributed by atoms with van der Waals surface area (Å²) in [6, 6.07) is 9.64. The molecule has 1 atom stereocenters. The zero-order valence-corrected chi connectivity index (χ0v) is 14.3. The molecule has 1 saturated heterocycles. The SMILES string of the molecule is O=C(NCCCc1ccccn1)c1ccc(N2CCCC2CO)nc1. The number of rotatable bonds is 7. The van der Waals surface area contributed by atoms with Gasteiger partial charge in [-0.2, -0.15) is 0 Å². The molecule has 0 bridgehead atoms. The van der Waals surface area contributed by atoms with Gasteiger partial charge in [-0.25, -0.2) is 4.98 Å². The third kappa shape index (κ3) is 4.54. The first-order valence-electron chi connectivity index (χ1n) is 8.79. The molecule has 1 unspecified atom stereocenters. The second kappa shape index (κ2) is 8.58. The van der Waals surface area contributed by atoms with E-state index in [4.69, 9.17) is 0 Å². The van der Waals surface area contributed by atoms with E-state index in [-0.39, 0.29) is 18.6 Å². The van der Waals surface area contributed by atoms with E-state index in [1.165, 1.54) is 0 Å². The van der Waals surface area contributed by atoms with Crippen molar-refractivity contribution < 1.29 is 9.90 Å². The van der Waals surface area contributed by atoms with Crippen molar-refractivity contribution in [2.45, 2.75) is 31.7 Å². The molecule has 3 heterocycles. The van der Waals surface area contributed by atoms with Crippen LogP contribution in [0.1, 0.15) is 35.3 Å². The van der Waals surface area contributed by atoms with Crippen LogP contribution in [0.3, 0.4) is 0 Å². The highest BCUT2D eigenvalue weighted by Gasteiger charge is 2.24. The number of aromatic nitrogens is 2. The lowest BCUT2D eigenvalue weighted by Gasteiger charge is -2.24. The van der Waals surface area contributed by atoms with E-state index in [2.05, 4.69) is 20.2 Å². The lowest BCUT2D eigenvalue weighted by Crippen LogP contribution is -2.32. The fraction of sp³-hybridized carbons (Fsp3) is 0.421. The Bertz CT molecular complexity index is 676. The number of hydrogen-bond donors (Lipinski definition) is 2. The Morgan fingerprint density at radius 2 is 2.20 bits per heavy atom. The van der Waals surface area contributed by atoms with Crippen molar-refractivity contribution in [2.75, 3.05) is 24.6 Å². The second-order valence-corrected chi connectivity index (χ2v) is 6.26. The first-order valence-corrected chi connectivity index (χ1v) is 8.79. The number of aliphatic hydroxyl groups is 1. The number of anilines is 1. The number of aryl methyl sites for hydroxylation is 1. The van der Waals surface area contributed by atoms with Crippen LogP contribution in [0.5, 0.6) is 0 Å². The van der Waals surface area contributed by atoms with E-state index in [1.807, 2.05) is 24.3 Å². The molecule has 0 aliphatic carbocycles. The van der Waals surface area contributed by atoms with E-state index < -0.39 is 0 Å². The fourth-order valence-electron chi connectivity index (χ4n) is 3.14. The van der Waals surface area contributed by atoms with Gasteiger partial charge in [0.2, 0.25) is 0 Å². The van der Waals surface area contributed by atoms with Crippen molar-refractivity contribution >= 4 is 11.7 Å². The number of pyridine rings is 2. The summed E-state index contributed by atoms with van der Waals surface area (Å²) in [5.74, 6) is 0.712. The molecule has 1 aliphatic rings. The number of hydrogen-bond acceptors (Lipinski definition) is 5. The van der Waals surface area contributed by atoms with Crippen LogP contribution in [0.25, 0.3) is 0 Å². The van der Waals surface area contributed by atoms with Gasteiger partial charge in [0, 0.05) is 31.2 Å². The Hall–Kier alpha value is -2.47. The Morgan fingerprint density at radius 3 is 2.92 bits per heavy atom. The van der Waals surface area contributed by atoms with Gasteiger partial charge in [0.05, 0.1) is 18.2 Å². The molecule has 0 saturated carbocycles. The van der Waals surface area contributed by atoms with Gasteiger partial charge in [-0.05, 0) is 49.9 Å². The minimum absolute atomic E-state index is 0.111. The van der Waals surface area contributed by atoms with Crippen molar-refractivity contribution in [3.63, 3.8) is 0 Å². The van der Waals surface area contributed by atoms with Crippen LogP contribution in [-0.4, -0.2) is 46.7 Å². The van der Waals surface area contributed by atoms with E-state index in [9.17, 15) is 9.90 Å². The Labute approximate surface area is 147 Å². The van der Waals surface area contributed by atoms with Crippen molar-refractivity contribution in [3.05, 3.63) is 54.0 Å². The first-order chi connectivity index (χ1) is 12.3. The summed E-state index contributed by atoms with van der Waals surface area (Å²) < 4.78 is 0. The highest BCUT2D eigenvalue weighted by atomic mass is 16.3. The molecule has 0 aromatic carbocycles. The zero-order valence-electron chi connectivity index (χ0n) is 14.3. The van der Waals surface area contributed by atoms with Crippen molar-refractivity contribution in [1.29, 1.82) is 0 Å². The molecule has 3 rings (SSSR count). The highest BCUT2D eigenvalue weighted by Crippen LogP contribution is 2.23. The summed E-state index contributed by atoms with van der Waals surface area (Å²) >= 11 is 0. The molecule has 6 nitrogen and oxygen atoms in total. The monoisotopic (exact) mass is 340 g/mol. The van der Waals surface area contributed by atoms with E-state index >= 15 is 0 Å². The second-order valence-electron chi connectivity index (χ2n) is 6.26. The average Bonchev–Trinajstić information content (AvgIpc) is 3.15. The number of aliphatic hydroxyl groups excluding tert-OH is 1. The van der Waals surface area contributed by atoms with Crippen LogP contribution in [0.2, 0.25) is 0 Å². The van der Waals surface area contributed by atoms with Crippen LogP contribution < -0.4 is 10.2 Å². The minimum Gasteiger partial charge on any atom is -0.394 e. The summed E-state index contributed by atoms with van der Waals surface area (Å²) in [6.45, 7) is 1.65. The predicted octanol–water partition coefficient (Wildman–Crippen LogP) is 1.80. The van der Waals surface area contributed by atoms with Gasteiger partial charge < -0.3 is 15.3 Å². The Morgan fingerprint density at radius 1 is 1.28 bits per heavy atom. The standard InChI is InChI=1S/C19H24N4O2/c24-14-17-7-4-12-23(17)18-9-8-15(13-22-18)19(25)21-11-3-6-16-5-1-2-10-20-16/h1-2,5,8-10,13,17,24H,3-4,6-7,11-12,14H2,(H,21,25). The third-order valence-electron chi connectivity index (χ3n) is 4.51. The first kappa shape index (κ1) is 17.4. The van der Waals surface area contributed by atoms with Gasteiger partial charge in [0.1, 0.15) is 5.82 Å². The molecular weight excluding hydrogens is 316 g/mol. The summed E-state index contributed by atoms with van der Waals surface area (Å²) in [5.41, 5.74) is 1.59. The third-order valence-corrected chi connectivity index (χ3v) is 4.51. The van der Waals surface area contributed by atoms with Crippen LogP contribution in [0.4, 0.5) is 5.82 Å². The molecule has 1 amide bonds.